The number of carbonyl (C=O) groups is 4. The van der Waals surface area contributed by atoms with Crippen molar-refractivity contribution in [2.24, 2.45) is 11.5 Å². The Labute approximate surface area is 156 Å². The van der Waals surface area contributed by atoms with Gasteiger partial charge in [-0.2, -0.15) is 0 Å². The van der Waals surface area contributed by atoms with E-state index in [9.17, 15) is 19.2 Å². The molecule has 0 radical (unpaired) electrons. The van der Waals surface area contributed by atoms with Crippen molar-refractivity contribution >= 4 is 23.7 Å². The fraction of sp³-hybridized carbons (Fsp3) is 0.733. The fourth-order valence-electron chi connectivity index (χ4n) is 1.99. The number of hydrogen-bond acceptors (Lipinski definition) is 8. The maximum atomic E-state index is 12.3. The molecule has 0 bridgehead atoms. The largest absolute Gasteiger partial charge is 0.480 e. The zero-order valence-electron chi connectivity index (χ0n) is 15.2. The van der Waals surface area contributed by atoms with Crippen LogP contribution in [0.3, 0.4) is 0 Å². The number of unbranched alkanes of at least 4 members (excludes halogenated alkanes) is 1. The van der Waals surface area contributed by atoms with E-state index in [4.69, 9.17) is 26.8 Å². The molecule has 0 aliphatic heterocycles. The molecule has 0 rings (SSSR count). The van der Waals surface area contributed by atoms with Gasteiger partial charge in [0.25, 0.3) is 0 Å². The Morgan fingerprint density at radius 3 is 1.96 bits per heavy atom. The molecule has 0 aromatic heterocycles. The van der Waals surface area contributed by atoms with Crippen molar-refractivity contribution in [1.29, 1.82) is 0 Å². The van der Waals surface area contributed by atoms with Crippen LogP contribution in [0, 0.1) is 0 Å². The third kappa shape index (κ3) is 9.28. The number of amides is 3. The third-order valence-electron chi connectivity index (χ3n) is 3.66. The topological polar surface area (TPSA) is 217 Å². The number of aliphatic hydroxyl groups is 2. The summed E-state index contributed by atoms with van der Waals surface area (Å²) >= 11 is 0. The minimum absolute atomic E-state index is 0.184. The van der Waals surface area contributed by atoms with Crippen LogP contribution in [0.15, 0.2) is 0 Å². The van der Waals surface area contributed by atoms with Crippen LogP contribution in [0.2, 0.25) is 0 Å². The molecule has 0 aliphatic carbocycles. The van der Waals surface area contributed by atoms with Crippen molar-refractivity contribution < 1.29 is 34.5 Å². The first kappa shape index (κ1) is 24.7. The molecule has 27 heavy (non-hydrogen) atoms. The summed E-state index contributed by atoms with van der Waals surface area (Å²) in [4.78, 5) is 47.1. The highest BCUT2D eigenvalue weighted by Crippen LogP contribution is 2.03. The second kappa shape index (κ2) is 13.0. The van der Waals surface area contributed by atoms with Gasteiger partial charge in [-0.25, -0.2) is 4.79 Å². The molecule has 12 nitrogen and oxygen atoms in total. The van der Waals surface area contributed by atoms with Crippen molar-refractivity contribution in [1.82, 2.24) is 16.0 Å². The molecule has 0 heterocycles. The van der Waals surface area contributed by atoms with Crippen LogP contribution in [0.1, 0.15) is 26.2 Å². The van der Waals surface area contributed by atoms with Gasteiger partial charge in [-0.05, 0) is 32.7 Å². The van der Waals surface area contributed by atoms with Crippen molar-refractivity contribution in [2.75, 3.05) is 19.8 Å². The highest BCUT2D eigenvalue weighted by atomic mass is 16.4. The van der Waals surface area contributed by atoms with Gasteiger partial charge >= 0.3 is 5.97 Å². The van der Waals surface area contributed by atoms with Gasteiger partial charge in [0.2, 0.25) is 17.7 Å². The van der Waals surface area contributed by atoms with E-state index in [1.165, 1.54) is 6.92 Å². The number of nitrogens with one attached hydrogen (secondary N) is 3. The highest BCUT2D eigenvalue weighted by molar-refractivity contribution is 5.93. The van der Waals surface area contributed by atoms with Crippen molar-refractivity contribution in [2.45, 2.75) is 50.4 Å². The average molecular weight is 391 g/mol. The van der Waals surface area contributed by atoms with Gasteiger partial charge in [0.1, 0.15) is 24.2 Å². The normalized spacial score (nSPS) is 15.1. The smallest absolute Gasteiger partial charge is 0.328 e. The molecule has 0 saturated heterocycles. The van der Waals surface area contributed by atoms with Gasteiger partial charge in [0, 0.05) is 0 Å². The first-order valence-electron chi connectivity index (χ1n) is 8.49. The second-order valence-electron chi connectivity index (χ2n) is 5.95. The van der Waals surface area contributed by atoms with E-state index in [0.717, 1.165) is 0 Å². The lowest BCUT2D eigenvalue weighted by atomic mass is 10.1. The van der Waals surface area contributed by atoms with Gasteiger partial charge < -0.3 is 42.7 Å². The number of rotatable bonds is 13. The molecule has 10 N–H and O–H groups in total. The van der Waals surface area contributed by atoms with Crippen molar-refractivity contribution in [3.63, 3.8) is 0 Å². The molecule has 0 fully saturated rings. The molecule has 0 spiro atoms. The Bertz CT molecular complexity index is 517. The molecule has 12 heteroatoms. The summed E-state index contributed by atoms with van der Waals surface area (Å²) in [6.07, 6.45) is 1.25. The first-order valence-corrected chi connectivity index (χ1v) is 8.49. The lowest BCUT2D eigenvalue weighted by Gasteiger charge is -2.23. The Morgan fingerprint density at radius 2 is 1.48 bits per heavy atom. The fourth-order valence-corrected chi connectivity index (χ4v) is 1.99. The minimum Gasteiger partial charge on any atom is -0.480 e. The molecule has 4 atom stereocenters. The number of aliphatic carboxylic acids is 1. The number of hydrogen-bond donors (Lipinski definition) is 8. The summed E-state index contributed by atoms with van der Waals surface area (Å²) in [7, 11) is 0. The van der Waals surface area contributed by atoms with E-state index in [1.54, 1.807) is 0 Å². The predicted molar refractivity (Wildman–Crippen MR) is 94.2 cm³/mol. The zero-order valence-corrected chi connectivity index (χ0v) is 15.2. The van der Waals surface area contributed by atoms with Gasteiger partial charge in [0.15, 0.2) is 0 Å². The average Bonchev–Trinajstić information content (AvgIpc) is 2.63. The number of carbonyl (C=O) groups excluding carboxylic acids is 3. The molecule has 3 amide bonds. The Hall–Kier alpha value is -2.28. The summed E-state index contributed by atoms with van der Waals surface area (Å²) in [6.45, 7) is 0.334. The lowest BCUT2D eigenvalue weighted by molar-refractivity contribution is -0.143. The van der Waals surface area contributed by atoms with Crippen LogP contribution >= 0.6 is 0 Å². The SMILES string of the molecule is CC(NC(=O)C(N)CO)C(=O)NC(CCCCN)C(=O)NC(CO)C(=O)O. The van der Waals surface area contributed by atoms with E-state index >= 15 is 0 Å². The molecule has 0 aromatic rings. The molecule has 156 valence electrons. The maximum absolute atomic E-state index is 12.3. The zero-order chi connectivity index (χ0) is 21.0. The third-order valence-corrected chi connectivity index (χ3v) is 3.66. The van der Waals surface area contributed by atoms with Crippen LogP contribution in [0.5, 0.6) is 0 Å². The maximum Gasteiger partial charge on any atom is 0.328 e. The van der Waals surface area contributed by atoms with Crippen LogP contribution in [0.25, 0.3) is 0 Å². The predicted octanol–water partition coefficient (Wildman–Crippen LogP) is -4.01. The number of carboxylic acids is 1. The van der Waals surface area contributed by atoms with Gasteiger partial charge in [-0.3, -0.25) is 14.4 Å². The molecule has 0 aromatic carbocycles. The van der Waals surface area contributed by atoms with Crippen LogP contribution in [0.4, 0.5) is 0 Å². The quantitative estimate of drug-likeness (QED) is 0.143. The highest BCUT2D eigenvalue weighted by Gasteiger charge is 2.28. The first-order chi connectivity index (χ1) is 12.7. The number of aliphatic hydroxyl groups excluding tert-OH is 2. The van der Waals surface area contributed by atoms with E-state index < -0.39 is 61.1 Å². The minimum atomic E-state index is -1.51. The summed E-state index contributed by atoms with van der Waals surface area (Å²) in [5, 5.41) is 33.6. The van der Waals surface area contributed by atoms with E-state index in [2.05, 4.69) is 16.0 Å². The van der Waals surface area contributed by atoms with Crippen molar-refractivity contribution in [3.8, 4) is 0 Å². The van der Waals surface area contributed by atoms with Crippen molar-refractivity contribution in [3.05, 3.63) is 0 Å². The summed E-state index contributed by atoms with van der Waals surface area (Å²) < 4.78 is 0. The molecule has 0 saturated carbocycles. The monoisotopic (exact) mass is 391 g/mol. The Morgan fingerprint density at radius 1 is 0.889 bits per heavy atom. The molecule has 0 aliphatic rings. The summed E-state index contributed by atoms with van der Waals surface area (Å²) in [5.74, 6) is -3.64. The van der Waals surface area contributed by atoms with E-state index in [1.807, 2.05) is 0 Å². The second-order valence-corrected chi connectivity index (χ2v) is 5.95. The molecular weight excluding hydrogens is 362 g/mol. The van der Waals surface area contributed by atoms with Gasteiger partial charge in [-0.1, -0.05) is 0 Å². The van der Waals surface area contributed by atoms with E-state index in [-0.39, 0.29) is 6.42 Å². The molecular formula is C15H29N5O7. The summed E-state index contributed by atoms with van der Waals surface area (Å²) in [5.41, 5.74) is 10.7. The standard InChI is InChI=1S/C15H29N5O7/c1-8(18-13(24)9(17)6-21)12(23)19-10(4-2-3-5-16)14(25)20-11(7-22)15(26)27/h8-11,21-22H,2-7,16-17H2,1H3,(H,18,24)(H,19,23)(H,20,25)(H,26,27). The van der Waals surface area contributed by atoms with Crippen LogP contribution in [-0.2, 0) is 19.2 Å². The Balaban J connectivity index is 4.96. The number of nitrogens with two attached hydrogens (primary N) is 2. The number of carboxylic acid groups (broad SMARTS) is 1. The van der Waals surface area contributed by atoms with Gasteiger partial charge in [0.05, 0.1) is 13.2 Å². The Kier molecular flexibility index (Phi) is 11.9. The molecule has 4 unspecified atom stereocenters. The van der Waals surface area contributed by atoms with E-state index in [0.29, 0.717) is 19.4 Å². The summed E-state index contributed by atoms with van der Waals surface area (Å²) in [6, 6.07) is -4.83. The van der Waals surface area contributed by atoms with Crippen LogP contribution in [-0.4, -0.2) is 82.9 Å². The lowest BCUT2D eigenvalue weighted by Crippen LogP contribution is -2.57. The van der Waals surface area contributed by atoms with Gasteiger partial charge in [-0.15, -0.1) is 0 Å². The van der Waals surface area contributed by atoms with Crippen LogP contribution < -0.4 is 27.4 Å².